The Morgan fingerprint density at radius 1 is 1.35 bits per heavy atom. The summed E-state index contributed by atoms with van der Waals surface area (Å²) >= 11 is 1.94. The van der Waals surface area contributed by atoms with E-state index >= 15 is 0 Å². The SMILES string of the molecule is Cn1nc(CC(O)CSC2CCCC2)c2ccccc21. The zero-order valence-corrected chi connectivity index (χ0v) is 12.8. The fraction of sp³-hybridized carbons (Fsp3) is 0.562. The molecule has 1 aliphatic carbocycles. The van der Waals surface area contributed by atoms with Crippen molar-refractivity contribution in [3.63, 3.8) is 0 Å². The number of hydrogen-bond acceptors (Lipinski definition) is 3. The molecule has 1 aliphatic rings. The van der Waals surface area contributed by atoms with Crippen LogP contribution >= 0.6 is 11.8 Å². The van der Waals surface area contributed by atoms with Crippen LogP contribution in [0.4, 0.5) is 0 Å². The zero-order valence-electron chi connectivity index (χ0n) is 12.0. The largest absolute Gasteiger partial charge is 0.392 e. The molecule has 1 unspecified atom stereocenters. The average Bonchev–Trinajstić information content (AvgIpc) is 3.07. The molecule has 0 radical (unpaired) electrons. The molecular formula is C16H22N2OS. The van der Waals surface area contributed by atoms with Crippen LogP contribution in [0.1, 0.15) is 31.4 Å². The highest BCUT2D eigenvalue weighted by Gasteiger charge is 2.18. The lowest BCUT2D eigenvalue weighted by Gasteiger charge is -2.12. The van der Waals surface area contributed by atoms with Crippen molar-refractivity contribution in [1.29, 1.82) is 0 Å². The second-order valence-corrected chi connectivity index (χ2v) is 7.02. The maximum absolute atomic E-state index is 10.3. The first-order valence-corrected chi connectivity index (χ1v) is 8.49. The van der Waals surface area contributed by atoms with Crippen molar-refractivity contribution in [2.45, 2.75) is 43.5 Å². The van der Waals surface area contributed by atoms with Crippen molar-refractivity contribution >= 4 is 22.7 Å². The van der Waals surface area contributed by atoms with Crippen LogP contribution in [0.25, 0.3) is 10.9 Å². The van der Waals surface area contributed by atoms with E-state index in [-0.39, 0.29) is 6.10 Å². The molecule has 1 saturated carbocycles. The van der Waals surface area contributed by atoms with E-state index in [0.717, 1.165) is 22.2 Å². The molecule has 108 valence electrons. The van der Waals surface area contributed by atoms with Gasteiger partial charge in [0.1, 0.15) is 0 Å². The first kappa shape index (κ1) is 14.0. The van der Waals surface area contributed by atoms with E-state index < -0.39 is 0 Å². The minimum Gasteiger partial charge on any atom is -0.392 e. The molecule has 1 aromatic carbocycles. The van der Waals surface area contributed by atoms with Gasteiger partial charge in [0.15, 0.2) is 0 Å². The summed E-state index contributed by atoms with van der Waals surface area (Å²) in [4.78, 5) is 0. The van der Waals surface area contributed by atoms with Gasteiger partial charge in [-0.3, -0.25) is 4.68 Å². The lowest BCUT2D eigenvalue weighted by molar-refractivity contribution is 0.199. The highest BCUT2D eigenvalue weighted by molar-refractivity contribution is 7.99. The number of benzene rings is 1. The molecule has 3 rings (SSSR count). The summed E-state index contributed by atoms with van der Waals surface area (Å²) < 4.78 is 1.90. The fourth-order valence-electron chi connectivity index (χ4n) is 3.02. The van der Waals surface area contributed by atoms with Gasteiger partial charge in [-0.15, -0.1) is 0 Å². The molecule has 0 saturated heterocycles. The second-order valence-electron chi connectivity index (χ2n) is 5.69. The van der Waals surface area contributed by atoms with Crippen LogP contribution in [-0.2, 0) is 13.5 Å². The third kappa shape index (κ3) is 3.01. The topological polar surface area (TPSA) is 38.0 Å². The number of aromatic nitrogens is 2. The van der Waals surface area contributed by atoms with E-state index in [1.165, 1.54) is 31.1 Å². The van der Waals surface area contributed by atoms with Crippen LogP contribution in [0, 0.1) is 0 Å². The van der Waals surface area contributed by atoms with E-state index in [1.807, 2.05) is 35.6 Å². The highest BCUT2D eigenvalue weighted by Crippen LogP contribution is 2.30. The third-order valence-electron chi connectivity index (χ3n) is 4.09. The van der Waals surface area contributed by atoms with Gasteiger partial charge in [0.25, 0.3) is 0 Å². The first-order valence-electron chi connectivity index (χ1n) is 7.44. The molecule has 0 bridgehead atoms. The number of rotatable bonds is 5. The molecule has 1 atom stereocenters. The van der Waals surface area contributed by atoms with E-state index in [1.54, 1.807) is 0 Å². The van der Waals surface area contributed by atoms with E-state index in [0.29, 0.717) is 6.42 Å². The number of aliphatic hydroxyl groups is 1. The van der Waals surface area contributed by atoms with Gasteiger partial charge in [0.2, 0.25) is 0 Å². The summed E-state index contributed by atoms with van der Waals surface area (Å²) in [6.45, 7) is 0. The lowest BCUT2D eigenvalue weighted by atomic mass is 10.1. The molecule has 1 aromatic heterocycles. The van der Waals surface area contributed by atoms with Crippen LogP contribution < -0.4 is 0 Å². The maximum Gasteiger partial charge on any atom is 0.0729 e. The van der Waals surface area contributed by atoms with Crippen molar-refractivity contribution in [2.75, 3.05) is 5.75 Å². The molecule has 1 fully saturated rings. The number of hydrogen-bond donors (Lipinski definition) is 1. The molecule has 3 nitrogen and oxygen atoms in total. The fourth-order valence-corrected chi connectivity index (χ4v) is 4.30. The van der Waals surface area contributed by atoms with Crippen LogP contribution in [0.5, 0.6) is 0 Å². The first-order chi connectivity index (χ1) is 9.74. The summed E-state index contributed by atoms with van der Waals surface area (Å²) in [5.41, 5.74) is 2.15. The summed E-state index contributed by atoms with van der Waals surface area (Å²) in [7, 11) is 1.96. The number of fused-ring (bicyclic) bond motifs is 1. The minimum atomic E-state index is -0.293. The minimum absolute atomic E-state index is 0.293. The molecule has 0 aliphatic heterocycles. The van der Waals surface area contributed by atoms with Gasteiger partial charge >= 0.3 is 0 Å². The Morgan fingerprint density at radius 3 is 2.90 bits per heavy atom. The Labute approximate surface area is 124 Å². The summed E-state index contributed by atoms with van der Waals surface area (Å²) in [5, 5.41) is 16.8. The number of thioether (sulfide) groups is 1. The Kier molecular flexibility index (Phi) is 4.32. The van der Waals surface area contributed by atoms with Crippen molar-refractivity contribution in [1.82, 2.24) is 9.78 Å². The van der Waals surface area contributed by atoms with Crippen LogP contribution in [0.2, 0.25) is 0 Å². The molecule has 0 amide bonds. The van der Waals surface area contributed by atoms with Crippen LogP contribution in [0.3, 0.4) is 0 Å². The summed E-state index contributed by atoms with van der Waals surface area (Å²) in [5.74, 6) is 0.829. The molecular weight excluding hydrogens is 268 g/mol. The van der Waals surface area contributed by atoms with Gasteiger partial charge in [0.05, 0.1) is 17.3 Å². The number of para-hydroxylation sites is 1. The molecule has 2 aromatic rings. The maximum atomic E-state index is 10.3. The van der Waals surface area contributed by atoms with Gasteiger partial charge in [-0.25, -0.2) is 0 Å². The number of aliphatic hydroxyl groups excluding tert-OH is 1. The smallest absolute Gasteiger partial charge is 0.0729 e. The van der Waals surface area contributed by atoms with Crippen molar-refractivity contribution in [3.8, 4) is 0 Å². The van der Waals surface area contributed by atoms with Crippen molar-refractivity contribution < 1.29 is 5.11 Å². The van der Waals surface area contributed by atoms with Crippen molar-refractivity contribution in [3.05, 3.63) is 30.0 Å². The molecule has 1 heterocycles. The number of aryl methyl sites for hydroxylation is 1. The monoisotopic (exact) mass is 290 g/mol. The normalized spacial score (nSPS) is 17.9. The van der Waals surface area contributed by atoms with E-state index in [9.17, 15) is 5.11 Å². The Bertz CT molecular complexity index is 575. The van der Waals surface area contributed by atoms with Gasteiger partial charge in [0, 0.05) is 29.9 Å². The van der Waals surface area contributed by atoms with E-state index in [4.69, 9.17) is 0 Å². The predicted octanol–water partition coefficient (Wildman–Crippen LogP) is 3.15. The van der Waals surface area contributed by atoms with Gasteiger partial charge in [-0.2, -0.15) is 16.9 Å². The highest BCUT2D eigenvalue weighted by atomic mass is 32.2. The Balaban J connectivity index is 1.63. The van der Waals surface area contributed by atoms with Crippen LogP contribution in [0.15, 0.2) is 24.3 Å². The third-order valence-corrected chi connectivity index (χ3v) is 5.61. The van der Waals surface area contributed by atoms with Gasteiger partial charge in [-0.05, 0) is 18.9 Å². The Hall–Kier alpha value is -1.00. The predicted molar refractivity (Wildman–Crippen MR) is 85.1 cm³/mol. The van der Waals surface area contributed by atoms with E-state index in [2.05, 4.69) is 17.2 Å². The Morgan fingerprint density at radius 2 is 2.10 bits per heavy atom. The summed E-state index contributed by atoms with van der Waals surface area (Å²) in [6.07, 6.45) is 5.73. The molecule has 1 N–H and O–H groups in total. The molecule has 0 spiro atoms. The summed E-state index contributed by atoms with van der Waals surface area (Å²) in [6, 6.07) is 8.23. The quantitative estimate of drug-likeness (QED) is 0.919. The molecule has 20 heavy (non-hydrogen) atoms. The van der Waals surface area contributed by atoms with Gasteiger partial charge in [-0.1, -0.05) is 31.0 Å². The molecule has 4 heteroatoms. The lowest BCUT2D eigenvalue weighted by Crippen LogP contribution is -2.16. The van der Waals surface area contributed by atoms with Crippen molar-refractivity contribution in [2.24, 2.45) is 7.05 Å². The zero-order chi connectivity index (χ0) is 13.9. The number of nitrogens with zero attached hydrogens (tertiary/aromatic N) is 2. The van der Waals surface area contributed by atoms with Gasteiger partial charge < -0.3 is 5.11 Å². The average molecular weight is 290 g/mol. The standard InChI is InChI=1S/C16H22N2OS/c1-18-16-9-5-4-8-14(16)15(17-18)10-12(19)11-20-13-6-2-3-7-13/h4-5,8-9,12-13,19H,2-3,6-7,10-11H2,1H3. The van der Waals surface area contributed by atoms with Crippen LogP contribution in [-0.4, -0.2) is 32.0 Å². The second kappa shape index (κ2) is 6.19.